The van der Waals surface area contributed by atoms with Gasteiger partial charge in [-0.3, -0.25) is 19.6 Å². The number of nitrogens with zero attached hydrogens (tertiary/aromatic N) is 6. The van der Waals surface area contributed by atoms with Crippen molar-refractivity contribution in [1.82, 2.24) is 10.3 Å². The maximum Gasteiger partial charge on any atom is 0.187 e. The number of ketones is 2. The molecule has 0 saturated carbocycles. The smallest absolute Gasteiger partial charge is 0.187 e. The Labute approximate surface area is 325 Å². The zero-order valence-corrected chi connectivity index (χ0v) is 31.7. The number of fused-ring (bicyclic) bond motifs is 6. The van der Waals surface area contributed by atoms with E-state index in [9.17, 15) is 9.59 Å². The predicted octanol–water partition coefficient (Wildman–Crippen LogP) is 10.8. The van der Waals surface area contributed by atoms with E-state index in [1.165, 1.54) is 0 Å². The van der Waals surface area contributed by atoms with Crippen molar-refractivity contribution >= 4 is 34.4 Å². The lowest BCUT2D eigenvalue weighted by atomic mass is 9.92. The molecule has 0 N–H and O–H groups in total. The van der Waals surface area contributed by atoms with Crippen LogP contribution in [0.15, 0.2) is 116 Å². The number of hydrogen-bond acceptors (Lipinski definition) is 8. The zero-order valence-electron chi connectivity index (χ0n) is 31.7. The lowest BCUT2D eigenvalue weighted by Gasteiger charge is -2.13. The van der Waals surface area contributed by atoms with Gasteiger partial charge in [-0.25, -0.2) is 9.69 Å². The maximum absolute atomic E-state index is 12.6. The molecule has 0 radical (unpaired) electrons. The van der Waals surface area contributed by atoms with Crippen LogP contribution in [0.5, 0.6) is 0 Å². The topological polar surface area (TPSA) is 120 Å². The molecule has 8 rings (SSSR count). The second-order valence-corrected chi connectivity index (χ2v) is 14.1. The van der Waals surface area contributed by atoms with Gasteiger partial charge in [-0.2, -0.15) is 0 Å². The standard InChI is InChI=1S/C24H21N3O2.C22H17N3O2/c1-14(2)21(28)13-20-24-22(15(3)27-29-24)18-7-5-6-8-19(18)23(26-20)16-9-11-17(25-4)12-10-16;1-13(26)12-19-22-20(14(2)25-27-22)17-6-4-5-7-18(17)21(24-19)15-8-10-16(23-3)11-9-15/h5-12,14,20H,13H2,1-3H3;4-11,19H,12H2,1-2H3. The largest absolute Gasteiger partial charge is 0.358 e. The van der Waals surface area contributed by atoms with E-state index >= 15 is 0 Å². The van der Waals surface area contributed by atoms with Crippen LogP contribution in [0, 0.1) is 32.9 Å². The van der Waals surface area contributed by atoms with E-state index in [4.69, 9.17) is 32.2 Å². The van der Waals surface area contributed by atoms with Gasteiger partial charge in [0, 0.05) is 29.9 Å². The highest BCUT2D eigenvalue weighted by Crippen LogP contribution is 2.42. The Bertz CT molecular complexity index is 2610. The van der Waals surface area contributed by atoms with Gasteiger partial charge in [-0.05, 0) is 43.0 Å². The monoisotopic (exact) mass is 738 g/mol. The summed E-state index contributed by atoms with van der Waals surface area (Å²) >= 11 is 0. The molecular weight excluding hydrogens is 701 g/mol. The summed E-state index contributed by atoms with van der Waals surface area (Å²) in [5.41, 5.74) is 11.9. The van der Waals surface area contributed by atoms with Gasteiger partial charge in [-0.15, -0.1) is 0 Å². The quantitative estimate of drug-likeness (QED) is 0.150. The molecule has 2 aliphatic heterocycles. The van der Waals surface area contributed by atoms with E-state index in [1.54, 1.807) is 31.2 Å². The molecule has 6 aromatic rings. The Balaban J connectivity index is 0.000000172. The molecule has 0 aliphatic carbocycles. The summed E-state index contributed by atoms with van der Waals surface area (Å²) in [7, 11) is 0. The summed E-state index contributed by atoms with van der Waals surface area (Å²) in [6, 6.07) is 29.9. The molecule has 0 fully saturated rings. The van der Waals surface area contributed by atoms with Gasteiger partial charge in [0.1, 0.15) is 23.7 Å². The van der Waals surface area contributed by atoms with Crippen LogP contribution in [0.2, 0.25) is 0 Å². The molecule has 2 unspecified atom stereocenters. The second-order valence-electron chi connectivity index (χ2n) is 14.1. The van der Waals surface area contributed by atoms with E-state index in [1.807, 2.05) is 100 Å². The Morgan fingerprint density at radius 3 is 1.39 bits per heavy atom. The van der Waals surface area contributed by atoms with Crippen LogP contribution in [0.25, 0.3) is 31.9 Å². The van der Waals surface area contributed by atoms with Crippen LogP contribution < -0.4 is 0 Å². The van der Waals surface area contributed by atoms with Crippen LogP contribution in [-0.2, 0) is 9.59 Å². The normalized spacial score (nSPS) is 15.1. The van der Waals surface area contributed by atoms with E-state index in [0.29, 0.717) is 22.9 Å². The molecular formula is C46H38N6O4. The molecule has 4 aromatic carbocycles. The number of aromatic nitrogens is 2. The number of aliphatic imine (C=N–C) groups is 2. The van der Waals surface area contributed by atoms with Crippen molar-refractivity contribution in [2.24, 2.45) is 15.9 Å². The van der Waals surface area contributed by atoms with Gasteiger partial charge in [0.15, 0.2) is 22.9 Å². The van der Waals surface area contributed by atoms with E-state index in [-0.39, 0.29) is 30.3 Å². The number of carbonyl (C=O) groups excluding carboxylic acids is 2. The SMILES string of the molecule is [C-]#[N+]c1ccc(C2=NC(CC(=O)C(C)C)c3onc(C)c3-c3ccccc32)cc1.[C-]#[N+]c1ccc(C2=NC(CC(C)=O)c3onc(C)c3-c3ccccc32)cc1. The Hall–Kier alpha value is -7.04. The molecule has 2 atom stereocenters. The molecule has 4 heterocycles. The van der Waals surface area contributed by atoms with Gasteiger partial charge in [0.2, 0.25) is 0 Å². The Morgan fingerprint density at radius 1 is 0.625 bits per heavy atom. The summed E-state index contributed by atoms with van der Waals surface area (Å²) in [6.45, 7) is 23.5. The van der Waals surface area contributed by atoms with Gasteiger partial charge >= 0.3 is 0 Å². The van der Waals surface area contributed by atoms with E-state index in [2.05, 4.69) is 20.0 Å². The second kappa shape index (κ2) is 15.7. The Morgan fingerprint density at radius 2 is 1.02 bits per heavy atom. The molecule has 56 heavy (non-hydrogen) atoms. The molecule has 0 spiro atoms. The highest BCUT2D eigenvalue weighted by atomic mass is 16.5. The molecule has 276 valence electrons. The summed E-state index contributed by atoms with van der Waals surface area (Å²) in [5.74, 6) is 1.36. The number of aryl methyl sites for hydroxylation is 2. The molecule has 0 bridgehead atoms. The molecule has 10 nitrogen and oxygen atoms in total. The van der Waals surface area contributed by atoms with Crippen LogP contribution in [-0.4, -0.2) is 33.3 Å². The highest BCUT2D eigenvalue weighted by Gasteiger charge is 2.33. The minimum Gasteiger partial charge on any atom is -0.358 e. The average Bonchev–Trinajstić information content (AvgIpc) is 3.71. The maximum atomic E-state index is 12.6. The molecule has 10 heteroatoms. The lowest BCUT2D eigenvalue weighted by molar-refractivity contribution is -0.122. The third kappa shape index (κ3) is 7.25. The molecule has 0 saturated heterocycles. The minimum absolute atomic E-state index is 0.0393. The van der Waals surface area contributed by atoms with Crippen LogP contribution in [0.3, 0.4) is 0 Å². The van der Waals surface area contributed by atoms with Crippen molar-refractivity contribution in [1.29, 1.82) is 0 Å². The third-order valence-electron chi connectivity index (χ3n) is 9.92. The average molecular weight is 739 g/mol. The first-order valence-electron chi connectivity index (χ1n) is 18.3. The predicted molar refractivity (Wildman–Crippen MR) is 215 cm³/mol. The fourth-order valence-corrected chi connectivity index (χ4v) is 7.09. The van der Waals surface area contributed by atoms with Crippen molar-refractivity contribution in [3.63, 3.8) is 0 Å². The van der Waals surface area contributed by atoms with Crippen molar-refractivity contribution in [3.05, 3.63) is 165 Å². The molecule has 2 aromatic heterocycles. The van der Waals surface area contributed by atoms with Crippen molar-refractivity contribution in [2.75, 3.05) is 0 Å². The Kier molecular flexibility index (Phi) is 10.5. The van der Waals surface area contributed by atoms with Crippen molar-refractivity contribution < 1.29 is 18.6 Å². The first kappa shape index (κ1) is 37.3. The van der Waals surface area contributed by atoms with E-state index in [0.717, 1.165) is 67.3 Å². The van der Waals surface area contributed by atoms with Gasteiger partial charge in [0.25, 0.3) is 0 Å². The van der Waals surface area contributed by atoms with E-state index < -0.39 is 12.1 Å². The van der Waals surface area contributed by atoms with Crippen molar-refractivity contribution in [3.8, 4) is 22.3 Å². The number of benzene rings is 4. The summed E-state index contributed by atoms with van der Waals surface area (Å²) < 4.78 is 11.3. The zero-order chi connectivity index (χ0) is 39.5. The first-order valence-corrected chi connectivity index (χ1v) is 18.3. The first-order chi connectivity index (χ1) is 27.1. The summed E-state index contributed by atoms with van der Waals surface area (Å²) in [6.07, 6.45) is 0.510. The third-order valence-corrected chi connectivity index (χ3v) is 9.92. The summed E-state index contributed by atoms with van der Waals surface area (Å²) in [5, 5.41) is 8.30. The summed E-state index contributed by atoms with van der Waals surface area (Å²) in [4.78, 5) is 41.3. The van der Waals surface area contributed by atoms with Crippen LogP contribution in [0.4, 0.5) is 11.4 Å². The number of carbonyl (C=O) groups is 2. The number of rotatable bonds is 7. The minimum atomic E-state index is -0.441. The van der Waals surface area contributed by atoms with Gasteiger partial charge in [-0.1, -0.05) is 121 Å². The number of Topliss-reactive ketones (excluding diaryl/α,β-unsaturated/α-hetero) is 2. The fraction of sp³-hybridized carbons (Fsp3) is 0.217. The molecule has 2 aliphatic rings. The van der Waals surface area contributed by atoms with Crippen LogP contribution in [0.1, 0.15) is 90.9 Å². The number of hydrogen-bond donors (Lipinski definition) is 0. The van der Waals surface area contributed by atoms with Gasteiger partial charge < -0.3 is 9.05 Å². The fourth-order valence-electron chi connectivity index (χ4n) is 7.09. The van der Waals surface area contributed by atoms with Crippen molar-refractivity contribution in [2.45, 2.75) is 59.5 Å². The van der Waals surface area contributed by atoms with Gasteiger partial charge in [0.05, 0.1) is 47.1 Å². The van der Waals surface area contributed by atoms with Crippen LogP contribution >= 0.6 is 0 Å². The highest BCUT2D eigenvalue weighted by molar-refractivity contribution is 6.18. The molecule has 0 amide bonds. The lowest BCUT2D eigenvalue weighted by Crippen LogP contribution is -2.13.